The van der Waals surface area contributed by atoms with Crippen LogP contribution in [0.25, 0.3) is 5.76 Å². The lowest BCUT2D eigenvalue weighted by Gasteiger charge is -2.04. The quantitative estimate of drug-likeness (QED) is 0.519. The van der Waals surface area contributed by atoms with Gasteiger partial charge in [0.05, 0.1) is 14.2 Å². The SMILES string of the molecule is COc1cccc(C(=O)/C=C(\O)c2cccc(OC)c2)c1. The number of ether oxygens (including phenoxy) is 2. The zero-order chi connectivity index (χ0) is 15.2. The number of hydrogen-bond donors (Lipinski definition) is 1. The first kappa shape index (κ1) is 14.7. The maximum absolute atomic E-state index is 12.1. The number of ketones is 1. The number of methoxy groups -OCH3 is 2. The van der Waals surface area contributed by atoms with E-state index in [9.17, 15) is 9.90 Å². The van der Waals surface area contributed by atoms with Crippen molar-refractivity contribution in [3.05, 3.63) is 65.7 Å². The van der Waals surface area contributed by atoms with E-state index in [0.717, 1.165) is 0 Å². The molecule has 0 aliphatic heterocycles. The van der Waals surface area contributed by atoms with Crippen molar-refractivity contribution in [2.75, 3.05) is 14.2 Å². The van der Waals surface area contributed by atoms with Gasteiger partial charge in [-0.1, -0.05) is 24.3 Å². The normalized spacial score (nSPS) is 11.0. The van der Waals surface area contributed by atoms with Crippen LogP contribution in [0.1, 0.15) is 15.9 Å². The Morgan fingerprint density at radius 2 is 1.48 bits per heavy atom. The summed E-state index contributed by atoms with van der Waals surface area (Å²) in [7, 11) is 3.08. The van der Waals surface area contributed by atoms with Crippen LogP contribution in [-0.2, 0) is 0 Å². The first-order chi connectivity index (χ1) is 10.1. The molecule has 0 spiro atoms. The zero-order valence-corrected chi connectivity index (χ0v) is 11.9. The second kappa shape index (κ2) is 6.61. The number of rotatable bonds is 5. The van der Waals surface area contributed by atoms with E-state index in [4.69, 9.17) is 9.47 Å². The third-order valence-corrected chi connectivity index (χ3v) is 2.99. The molecular weight excluding hydrogens is 268 g/mol. The lowest BCUT2D eigenvalue weighted by molar-refractivity contribution is 0.104. The van der Waals surface area contributed by atoms with Gasteiger partial charge in [-0.2, -0.15) is 0 Å². The van der Waals surface area contributed by atoms with Crippen molar-refractivity contribution in [3.8, 4) is 11.5 Å². The van der Waals surface area contributed by atoms with Gasteiger partial charge in [0.25, 0.3) is 0 Å². The van der Waals surface area contributed by atoms with Crippen LogP contribution in [0.3, 0.4) is 0 Å². The van der Waals surface area contributed by atoms with Crippen LogP contribution in [-0.4, -0.2) is 25.1 Å². The summed E-state index contributed by atoms with van der Waals surface area (Å²) in [5, 5.41) is 10.1. The summed E-state index contributed by atoms with van der Waals surface area (Å²) in [5.41, 5.74) is 0.967. The molecule has 1 N–H and O–H groups in total. The first-order valence-corrected chi connectivity index (χ1v) is 6.37. The number of allylic oxidation sites excluding steroid dienone is 1. The van der Waals surface area contributed by atoms with E-state index in [0.29, 0.717) is 22.6 Å². The predicted octanol–water partition coefficient (Wildman–Crippen LogP) is 3.49. The minimum absolute atomic E-state index is 0.110. The number of carbonyl (C=O) groups is 1. The summed E-state index contributed by atoms with van der Waals surface area (Å²) < 4.78 is 10.2. The smallest absolute Gasteiger partial charge is 0.189 e. The van der Waals surface area contributed by atoms with Crippen LogP contribution < -0.4 is 9.47 Å². The lowest BCUT2D eigenvalue weighted by atomic mass is 10.1. The second-order valence-corrected chi connectivity index (χ2v) is 4.36. The van der Waals surface area contributed by atoms with E-state index in [1.165, 1.54) is 13.2 Å². The van der Waals surface area contributed by atoms with Gasteiger partial charge >= 0.3 is 0 Å². The van der Waals surface area contributed by atoms with Crippen LogP contribution in [0.15, 0.2) is 54.6 Å². The van der Waals surface area contributed by atoms with Gasteiger partial charge in [-0.15, -0.1) is 0 Å². The van der Waals surface area contributed by atoms with Gasteiger partial charge in [-0.05, 0) is 24.3 Å². The molecule has 0 aromatic heterocycles. The van der Waals surface area contributed by atoms with Crippen LogP contribution >= 0.6 is 0 Å². The molecule has 0 fully saturated rings. The lowest BCUT2D eigenvalue weighted by Crippen LogP contribution is -1.97. The standard InChI is InChI=1S/C17H16O4/c1-20-14-7-3-5-12(9-14)16(18)11-17(19)13-6-4-8-15(10-13)21-2/h3-11,18H,1-2H3/b16-11-. The monoisotopic (exact) mass is 284 g/mol. The Hall–Kier alpha value is -2.75. The van der Waals surface area contributed by atoms with Crippen molar-refractivity contribution in [2.24, 2.45) is 0 Å². The summed E-state index contributed by atoms with van der Waals surface area (Å²) in [4.78, 5) is 12.1. The molecule has 0 aliphatic rings. The van der Waals surface area contributed by atoms with Crippen molar-refractivity contribution < 1.29 is 19.4 Å². The van der Waals surface area contributed by atoms with Gasteiger partial charge in [-0.25, -0.2) is 0 Å². The molecule has 4 nitrogen and oxygen atoms in total. The average Bonchev–Trinajstić information content (AvgIpc) is 2.54. The first-order valence-electron chi connectivity index (χ1n) is 6.37. The Labute approximate surface area is 123 Å². The Morgan fingerprint density at radius 3 is 2.05 bits per heavy atom. The van der Waals surface area contributed by atoms with E-state index in [1.54, 1.807) is 55.6 Å². The Morgan fingerprint density at radius 1 is 0.952 bits per heavy atom. The van der Waals surface area contributed by atoms with Gasteiger partial charge in [0.1, 0.15) is 17.3 Å². The molecule has 0 saturated heterocycles. The average molecular weight is 284 g/mol. The maximum Gasteiger partial charge on any atom is 0.189 e. The molecule has 108 valence electrons. The number of aliphatic hydroxyl groups is 1. The molecule has 0 radical (unpaired) electrons. The van der Waals surface area contributed by atoms with Crippen LogP contribution in [0, 0.1) is 0 Å². The van der Waals surface area contributed by atoms with Gasteiger partial charge in [-0.3, -0.25) is 4.79 Å². The fourth-order valence-electron chi connectivity index (χ4n) is 1.85. The minimum Gasteiger partial charge on any atom is -0.507 e. The van der Waals surface area contributed by atoms with Crippen molar-refractivity contribution in [1.29, 1.82) is 0 Å². The molecule has 2 rings (SSSR count). The maximum atomic E-state index is 12.1. The van der Waals surface area contributed by atoms with E-state index in [2.05, 4.69) is 0 Å². The minimum atomic E-state index is -0.297. The highest BCUT2D eigenvalue weighted by molar-refractivity contribution is 6.08. The highest BCUT2D eigenvalue weighted by atomic mass is 16.5. The Balaban J connectivity index is 2.26. The fraction of sp³-hybridized carbons (Fsp3) is 0.118. The Bertz CT molecular complexity index is 674. The zero-order valence-electron chi connectivity index (χ0n) is 11.9. The topological polar surface area (TPSA) is 55.8 Å². The molecule has 2 aromatic carbocycles. The van der Waals surface area contributed by atoms with E-state index in [1.807, 2.05) is 0 Å². The molecule has 0 amide bonds. The summed E-state index contributed by atoms with van der Waals surface area (Å²) >= 11 is 0. The van der Waals surface area contributed by atoms with Gasteiger partial charge in [0, 0.05) is 17.2 Å². The largest absolute Gasteiger partial charge is 0.507 e. The molecule has 2 aromatic rings. The number of hydrogen-bond acceptors (Lipinski definition) is 4. The van der Waals surface area contributed by atoms with Crippen molar-refractivity contribution in [3.63, 3.8) is 0 Å². The van der Waals surface area contributed by atoms with Crippen molar-refractivity contribution >= 4 is 11.5 Å². The molecular formula is C17H16O4. The summed E-state index contributed by atoms with van der Waals surface area (Å²) in [6.45, 7) is 0. The summed E-state index contributed by atoms with van der Waals surface area (Å²) in [6, 6.07) is 13.6. The van der Waals surface area contributed by atoms with Gasteiger partial charge in [0.15, 0.2) is 5.78 Å². The predicted molar refractivity (Wildman–Crippen MR) is 80.9 cm³/mol. The molecule has 0 unspecified atom stereocenters. The highest BCUT2D eigenvalue weighted by Crippen LogP contribution is 2.20. The van der Waals surface area contributed by atoms with Crippen molar-refractivity contribution in [1.82, 2.24) is 0 Å². The van der Waals surface area contributed by atoms with Crippen LogP contribution in [0.5, 0.6) is 11.5 Å². The molecule has 0 saturated carbocycles. The van der Waals surface area contributed by atoms with E-state index >= 15 is 0 Å². The molecule has 0 heterocycles. The highest BCUT2D eigenvalue weighted by Gasteiger charge is 2.08. The molecule has 0 bridgehead atoms. The van der Waals surface area contributed by atoms with E-state index < -0.39 is 0 Å². The molecule has 0 aliphatic carbocycles. The number of benzene rings is 2. The van der Waals surface area contributed by atoms with Crippen molar-refractivity contribution in [2.45, 2.75) is 0 Å². The summed E-state index contributed by atoms with van der Waals surface area (Å²) in [6.07, 6.45) is 1.18. The van der Waals surface area contributed by atoms with Crippen LogP contribution in [0.2, 0.25) is 0 Å². The number of carbonyl (C=O) groups excluding carboxylic acids is 1. The fourth-order valence-corrected chi connectivity index (χ4v) is 1.85. The van der Waals surface area contributed by atoms with Gasteiger partial charge < -0.3 is 14.6 Å². The number of aliphatic hydroxyl groups excluding tert-OH is 1. The van der Waals surface area contributed by atoms with Gasteiger partial charge in [0.2, 0.25) is 0 Å². The Kier molecular flexibility index (Phi) is 4.61. The molecule has 21 heavy (non-hydrogen) atoms. The third-order valence-electron chi connectivity index (χ3n) is 2.99. The second-order valence-electron chi connectivity index (χ2n) is 4.36. The molecule has 4 heteroatoms. The molecule has 0 atom stereocenters. The summed E-state index contributed by atoms with van der Waals surface area (Å²) in [5.74, 6) is 0.798. The van der Waals surface area contributed by atoms with E-state index in [-0.39, 0.29) is 11.5 Å². The van der Waals surface area contributed by atoms with Crippen LogP contribution in [0.4, 0.5) is 0 Å². The third kappa shape index (κ3) is 3.63.